The minimum absolute atomic E-state index is 0.128. The number of ether oxygens (including phenoxy) is 1. The highest BCUT2D eigenvalue weighted by Crippen LogP contribution is 2.22. The smallest absolute Gasteiger partial charge is 0.243 e. The van der Waals surface area contributed by atoms with Crippen LogP contribution in [0.3, 0.4) is 0 Å². The number of benzene rings is 3. The first-order valence-electron chi connectivity index (χ1n) is 14.2. The summed E-state index contributed by atoms with van der Waals surface area (Å²) >= 11 is 0. The minimum atomic E-state index is -3.51. The monoisotopic (exact) mass is 595 g/mol. The Kier molecular flexibility index (Phi) is 10.7. The summed E-state index contributed by atoms with van der Waals surface area (Å²) in [6, 6.07) is 19.3. The number of methoxy groups -OCH3 is 1. The van der Waals surface area contributed by atoms with Crippen molar-refractivity contribution in [3.8, 4) is 5.75 Å². The molecule has 0 unspecified atom stereocenters. The number of nitrogens with zero attached hydrogens (tertiary/aromatic N) is 2. The fourth-order valence-electron chi connectivity index (χ4n) is 4.94. The van der Waals surface area contributed by atoms with Crippen molar-refractivity contribution < 1.29 is 27.1 Å². The summed E-state index contributed by atoms with van der Waals surface area (Å²) in [7, 11) is -1.90. The standard InChI is InChI=1S/C32H38FN3O5S/c1-24(32(38)34-20-19-26-7-14-29(41-2)15-8-26)36(23-27-5-12-28(33)13-6-27)31(37)18-11-25-9-16-30(17-10-25)42(39,40)35-21-3-4-22-35/h5-10,12-17,24H,3-4,11,18-23H2,1-2H3,(H,34,38)/t24-/m1/s1. The fraction of sp³-hybridized carbons (Fsp3) is 0.375. The molecule has 2 amide bonds. The Morgan fingerprint density at radius 3 is 2.10 bits per heavy atom. The third kappa shape index (κ3) is 8.17. The molecule has 1 atom stereocenters. The predicted octanol–water partition coefficient (Wildman–Crippen LogP) is 4.33. The quantitative estimate of drug-likeness (QED) is 0.318. The van der Waals surface area contributed by atoms with E-state index in [-0.39, 0.29) is 35.5 Å². The molecule has 4 rings (SSSR count). The van der Waals surface area contributed by atoms with Gasteiger partial charge >= 0.3 is 0 Å². The van der Waals surface area contributed by atoms with Gasteiger partial charge in [0.1, 0.15) is 17.6 Å². The lowest BCUT2D eigenvalue weighted by Gasteiger charge is -2.29. The second-order valence-electron chi connectivity index (χ2n) is 10.5. The average Bonchev–Trinajstić information content (AvgIpc) is 3.56. The number of nitrogens with one attached hydrogen (secondary N) is 1. The maximum Gasteiger partial charge on any atom is 0.243 e. The molecule has 10 heteroatoms. The van der Waals surface area contributed by atoms with Crippen LogP contribution >= 0.6 is 0 Å². The van der Waals surface area contributed by atoms with E-state index in [4.69, 9.17) is 4.74 Å². The third-order valence-corrected chi connectivity index (χ3v) is 9.47. The lowest BCUT2D eigenvalue weighted by molar-refractivity contribution is -0.140. The van der Waals surface area contributed by atoms with Crippen molar-refractivity contribution in [3.63, 3.8) is 0 Å². The number of rotatable bonds is 13. The van der Waals surface area contributed by atoms with Crippen molar-refractivity contribution in [1.82, 2.24) is 14.5 Å². The molecule has 0 bridgehead atoms. The molecule has 0 spiro atoms. The van der Waals surface area contributed by atoms with Gasteiger partial charge < -0.3 is 15.0 Å². The second-order valence-corrected chi connectivity index (χ2v) is 12.4. The van der Waals surface area contributed by atoms with E-state index in [1.165, 1.54) is 21.3 Å². The fourth-order valence-corrected chi connectivity index (χ4v) is 6.46. The van der Waals surface area contributed by atoms with Crippen molar-refractivity contribution >= 4 is 21.8 Å². The van der Waals surface area contributed by atoms with Crippen LogP contribution in [0.2, 0.25) is 0 Å². The molecular formula is C32H38FN3O5S. The van der Waals surface area contributed by atoms with Crippen molar-refractivity contribution in [2.75, 3.05) is 26.7 Å². The minimum Gasteiger partial charge on any atom is -0.497 e. The molecule has 1 N–H and O–H groups in total. The molecule has 0 aliphatic carbocycles. The summed E-state index contributed by atoms with van der Waals surface area (Å²) in [5, 5.41) is 2.92. The molecule has 1 fully saturated rings. The van der Waals surface area contributed by atoms with Gasteiger partial charge in [-0.25, -0.2) is 12.8 Å². The van der Waals surface area contributed by atoms with Gasteiger partial charge in [0.25, 0.3) is 0 Å². The molecular weight excluding hydrogens is 557 g/mol. The van der Waals surface area contributed by atoms with E-state index >= 15 is 0 Å². The predicted molar refractivity (Wildman–Crippen MR) is 159 cm³/mol. The molecule has 3 aromatic rings. The van der Waals surface area contributed by atoms with Gasteiger partial charge in [-0.1, -0.05) is 36.4 Å². The Hall–Kier alpha value is -3.76. The highest BCUT2D eigenvalue weighted by molar-refractivity contribution is 7.89. The summed E-state index contributed by atoms with van der Waals surface area (Å²) in [4.78, 5) is 28.3. The van der Waals surface area contributed by atoms with Crippen LogP contribution in [0.4, 0.5) is 4.39 Å². The number of amides is 2. The second kappa shape index (κ2) is 14.4. The largest absolute Gasteiger partial charge is 0.497 e. The first kappa shape index (κ1) is 31.2. The molecule has 1 saturated heterocycles. The van der Waals surface area contributed by atoms with Crippen molar-refractivity contribution in [3.05, 3.63) is 95.3 Å². The average molecular weight is 596 g/mol. The van der Waals surface area contributed by atoms with Gasteiger partial charge in [-0.3, -0.25) is 9.59 Å². The highest BCUT2D eigenvalue weighted by atomic mass is 32.2. The van der Waals surface area contributed by atoms with Gasteiger partial charge in [0.15, 0.2) is 0 Å². The van der Waals surface area contributed by atoms with E-state index in [0.717, 1.165) is 29.7 Å². The highest BCUT2D eigenvalue weighted by Gasteiger charge is 2.28. The van der Waals surface area contributed by atoms with E-state index in [1.807, 2.05) is 24.3 Å². The van der Waals surface area contributed by atoms with E-state index < -0.39 is 16.1 Å². The van der Waals surface area contributed by atoms with E-state index in [9.17, 15) is 22.4 Å². The molecule has 224 valence electrons. The molecule has 0 saturated carbocycles. The molecule has 1 heterocycles. The Morgan fingerprint density at radius 2 is 1.48 bits per heavy atom. The zero-order chi connectivity index (χ0) is 30.1. The molecule has 8 nitrogen and oxygen atoms in total. The first-order chi connectivity index (χ1) is 20.2. The van der Waals surface area contributed by atoms with Crippen LogP contribution in [0.25, 0.3) is 0 Å². The maximum atomic E-state index is 13.5. The number of sulfonamides is 1. The van der Waals surface area contributed by atoms with Crippen molar-refractivity contribution in [2.24, 2.45) is 0 Å². The number of hydrogen-bond donors (Lipinski definition) is 1. The summed E-state index contributed by atoms with van der Waals surface area (Å²) < 4.78 is 45.8. The molecule has 3 aromatic carbocycles. The first-order valence-corrected chi connectivity index (χ1v) is 15.6. The van der Waals surface area contributed by atoms with Crippen molar-refractivity contribution in [2.45, 2.75) is 56.5 Å². The normalized spacial score (nSPS) is 14.4. The van der Waals surface area contributed by atoms with Crippen LogP contribution in [-0.2, 0) is 39.0 Å². The summed E-state index contributed by atoms with van der Waals surface area (Å²) in [5.41, 5.74) is 2.57. The van der Waals surface area contributed by atoms with Gasteiger partial charge in [-0.2, -0.15) is 4.31 Å². The van der Waals surface area contributed by atoms with E-state index in [0.29, 0.717) is 38.0 Å². The van der Waals surface area contributed by atoms with E-state index in [1.54, 1.807) is 50.4 Å². The Labute approximate surface area is 247 Å². The molecule has 0 radical (unpaired) electrons. The van der Waals surface area contributed by atoms with Gasteiger partial charge in [0, 0.05) is 32.6 Å². The number of halogens is 1. The molecule has 42 heavy (non-hydrogen) atoms. The van der Waals surface area contributed by atoms with Crippen LogP contribution in [-0.4, -0.2) is 62.2 Å². The topological polar surface area (TPSA) is 96.0 Å². The van der Waals surface area contributed by atoms with Crippen molar-refractivity contribution in [1.29, 1.82) is 0 Å². The number of hydrogen-bond acceptors (Lipinski definition) is 5. The Balaban J connectivity index is 1.38. The lowest BCUT2D eigenvalue weighted by atomic mass is 10.1. The Morgan fingerprint density at radius 1 is 0.905 bits per heavy atom. The van der Waals surface area contributed by atoms with Crippen LogP contribution in [0.15, 0.2) is 77.7 Å². The molecule has 1 aliphatic heterocycles. The SMILES string of the molecule is COc1ccc(CCNC(=O)[C@@H](C)N(Cc2ccc(F)cc2)C(=O)CCc2ccc(S(=O)(=O)N3CCCC3)cc2)cc1. The number of aryl methyl sites for hydroxylation is 1. The van der Waals surface area contributed by atoms with E-state index in [2.05, 4.69) is 5.32 Å². The van der Waals surface area contributed by atoms with Gasteiger partial charge in [0.2, 0.25) is 21.8 Å². The molecule has 1 aliphatic rings. The lowest BCUT2D eigenvalue weighted by Crippen LogP contribution is -2.48. The van der Waals surface area contributed by atoms with Gasteiger partial charge in [-0.05, 0) is 85.7 Å². The van der Waals surface area contributed by atoms with Crippen LogP contribution in [0, 0.1) is 5.82 Å². The summed E-state index contributed by atoms with van der Waals surface area (Å²) in [6.45, 7) is 3.31. The zero-order valence-electron chi connectivity index (χ0n) is 24.1. The molecule has 0 aromatic heterocycles. The van der Waals surface area contributed by atoms with Gasteiger partial charge in [-0.15, -0.1) is 0 Å². The van der Waals surface area contributed by atoms with Crippen LogP contribution in [0.1, 0.15) is 42.9 Å². The van der Waals surface area contributed by atoms with Gasteiger partial charge in [0.05, 0.1) is 12.0 Å². The Bertz CT molecular complexity index is 1440. The number of carbonyl (C=O) groups is 2. The van der Waals surface area contributed by atoms with Crippen LogP contribution < -0.4 is 10.1 Å². The third-order valence-electron chi connectivity index (χ3n) is 7.56. The summed E-state index contributed by atoms with van der Waals surface area (Å²) in [5.74, 6) is -0.133. The summed E-state index contributed by atoms with van der Waals surface area (Å²) in [6.07, 6.45) is 2.87. The van der Waals surface area contributed by atoms with Crippen LogP contribution in [0.5, 0.6) is 5.75 Å². The maximum absolute atomic E-state index is 13.5. The number of carbonyl (C=O) groups excluding carboxylic acids is 2. The zero-order valence-corrected chi connectivity index (χ0v) is 24.9.